The van der Waals surface area contributed by atoms with Crippen molar-refractivity contribution in [3.8, 4) is 0 Å². The number of anilines is 1. The van der Waals surface area contributed by atoms with E-state index in [2.05, 4.69) is 34.6 Å². The molecule has 1 heterocycles. The number of hydrogen-bond acceptors (Lipinski definition) is 2. The summed E-state index contributed by atoms with van der Waals surface area (Å²) >= 11 is 0. The summed E-state index contributed by atoms with van der Waals surface area (Å²) in [7, 11) is 0. The van der Waals surface area contributed by atoms with Gasteiger partial charge in [0.1, 0.15) is 0 Å². The lowest BCUT2D eigenvalue weighted by atomic mass is 9.90. The quantitative estimate of drug-likeness (QED) is 0.760. The molecule has 0 saturated carbocycles. The van der Waals surface area contributed by atoms with Crippen molar-refractivity contribution in [1.29, 1.82) is 0 Å². The number of aromatic nitrogens is 2. The van der Waals surface area contributed by atoms with E-state index in [9.17, 15) is 4.79 Å². The topological polar surface area (TPSA) is 46.9 Å². The number of hydrogen-bond donors (Lipinski definition) is 1. The summed E-state index contributed by atoms with van der Waals surface area (Å²) in [5.41, 5.74) is 5.94. The SMILES string of the molecule is O=C(Cc1ccc2c(c1)CCCC2)Nc1cccc(Cn2ccnc2)c1. The van der Waals surface area contributed by atoms with Gasteiger partial charge in [0.05, 0.1) is 12.7 Å². The molecular formula is C22H23N3O. The summed E-state index contributed by atoms with van der Waals surface area (Å²) in [5, 5.41) is 3.03. The van der Waals surface area contributed by atoms with E-state index in [1.165, 1.54) is 30.4 Å². The van der Waals surface area contributed by atoms with Crippen LogP contribution in [0.5, 0.6) is 0 Å². The molecule has 4 heteroatoms. The average molecular weight is 345 g/mol. The zero-order chi connectivity index (χ0) is 17.8. The molecule has 3 aromatic rings. The van der Waals surface area contributed by atoms with E-state index in [-0.39, 0.29) is 5.91 Å². The Morgan fingerprint density at radius 2 is 1.92 bits per heavy atom. The molecule has 0 unspecified atom stereocenters. The van der Waals surface area contributed by atoms with Crippen LogP contribution in [-0.4, -0.2) is 15.5 Å². The minimum Gasteiger partial charge on any atom is -0.333 e. The zero-order valence-electron chi connectivity index (χ0n) is 14.8. The molecule has 0 saturated heterocycles. The maximum absolute atomic E-state index is 12.5. The molecule has 0 radical (unpaired) electrons. The third-order valence-electron chi connectivity index (χ3n) is 4.91. The lowest BCUT2D eigenvalue weighted by molar-refractivity contribution is -0.115. The van der Waals surface area contributed by atoms with Gasteiger partial charge in [-0.05, 0) is 60.1 Å². The molecule has 2 aromatic carbocycles. The second-order valence-electron chi connectivity index (χ2n) is 6.97. The zero-order valence-corrected chi connectivity index (χ0v) is 14.8. The predicted molar refractivity (Wildman–Crippen MR) is 103 cm³/mol. The minimum absolute atomic E-state index is 0.0283. The number of fused-ring (bicyclic) bond motifs is 1. The van der Waals surface area contributed by atoms with E-state index in [1.54, 1.807) is 12.5 Å². The van der Waals surface area contributed by atoms with Crippen LogP contribution >= 0.6 is 0 Å². The molecule has 1 N–H and O–H groups in total. The first-order valence-electron chi connectivity index (χ1n) is 9.21. The van der Waals surface area contributed by atoms with E-state index >= 15 is 0 Å². The lowest BCUT2D eigenvalue weighted by Crippen LogP contribution is -2.15. The van der Waals surface area contributed by atoms with Gasteiger partial charge in [0, 0.05) is 24.6 Å². The second kappa shape index (κ2) is 7.56. The Morgan fingerprint density at radius 3 is 2.77 bits per heavy atom. The largest absolute Gasteiger partial charge is 0.333 e. The van der Waals surface area contributed by atoms with Crippen LogP contribution in [0.15, 0.2) is 61.2 Å². The highest BCUT2D eigenvalue weighted by atomic mass is 16.1. The summed E-state index contributed by atoms with van der Waals surface area (Å²) in [4.78, 5) is 16.5. The first kappa shape index (κ1) is 16.6. The van der Waals surface area contributed by atoms with E-state index < -0.39 is 0 Å². The van der Waals surface area contributed by atoms with E-state index in [4.69, 9.17) is 0 Å². The monoisotopic (exact) mass is 345 g/mol. The molecule has 4 nitrogen and oxygen atoms in total. The summed E-state index contributed by atoms with van der Waals surface area (Å²) in [6, 6.07) is 14.5. The fourth-order valence-corrected chi connectivity index (χ4v) is 3.63. The van der Waals surface area contributed by atoms with Crippen LogP contribution in [0.25, 0.3) is 0 Å². The van der Waals surface area contributed by atoms with Crippen LogP contribution in [0.4, 0.5) is 5.69 Å². The van der Waals surface area contributed by atoms with Gasteiger partial charge in [-0.3, -0.25) is 4.79 Å². The maximum Gasteiger partial charge on any atom is 0.228 e. The van der Waals surface area contributed by atoms with Crippen LogP contribution < -0.4 is 5.32 Å². The fourth-order valence-electron chi connectivity index (χ4n) is 3.63. The normalized spacial score (nSPS) is 13.2. The summed E-state index contributed by atoms with van der Waals surface area (Å²) in [5.74, 6) is 0.0283. The molecule has 1 aliphatic rings. The van der Waals surface area contributed by atoms with Crippen molar-refractivity contribution in [1.82, 2.24) is 9.55 Å². The highest BCUT2D eigenvalue weighted by Gasteiger charge is 2.11. The number of benzene rings is 2. The van der Waals surface area contributed by atoms with Crippen LogP contribution in [-0.2, 0) is 30.6 Å². The lowest BCUT2D eigenvalue weighted by Gasteiger charge is -2.16. The number of aryl methyl sites for hydroxylation is 2. The van der Waals surface area contributed by atoms with Crippen molar-refractivity contribution in [3.63, 3.8) is 0 Å². The van der Waals surface area contributed by atoms with Crippen molar-refractivity contribution in [3.05, 3.63) is 83.4 Å². The van der Waals surface area contributed by atoms with Gasteiger partial charge in [0.2, 0.25) is 5.91 Å². The highest BCUT2D eigenvalue weighted by molar-refractivity contribution is 5.92. The molecule has 0 spiro atoms. The summed E-state index contributed by atoms with van der Waals surface area (Å²) in [6.45, 7) is 0.745. The van der Waals surface area contributed by atoms with E-state index in [0.717, 1.165) is 29.8 Å². The second-order valence-corrected chi connectivity index (χ2v) is 6.97. The Balaban J connectivity index is 1.40. The van der Waals surface area contributed by atoms with Gasteiger partial charge in [-0.2, -0.15) is 0 Å². The molecule has 26 heavy (non-hydrogen) atoms. The van der Waals surface area contributed by atoms with Crippen LogP contribution in [0.3, 0.4) is 0 Å². The Labute approximate surface area is 153 Å². The van der Waals surface area contributed by atoms with Gasteiger partial charge in [0.25, 0.3) is 0 Å². The number of nitrogens with one attached hydrogen (secondary N) is 1. The molecule has 4 rings (SSSR count). The number of carbonyl (C=O) groups is 1. The molecule has 132 valence electrons. The van der Waals surface area contributed by atoms with Crippen LogP contribution in [0.1, 0.15) is 35.1 Å². The van der Waals surface area contributed by atoms with Gasteiger partial charge in [-0.15, -0.1) is 0 Å². The molecule has 1 aromatic heterocycles. The van der Waals surface area contributed by atoms with Crippen LogP contribution in [0.2, 0.25) is 0 Å². The van der Waals surface area contributed by atoms with Crippen molar-refractivity contribution >= 4 is 11.6 Å². The van der Waals surface area contributed by atoms with Gasteiger partial charge in [-0.1, -0.05) is 30.3 Å². The summed E-state index contributed by atoms with van der Waals surface area (Å²) < 4.78 is 2.01. The van der Waals surface area contributed by atoms with Crippen molar-refractivity contribution in [2.45, 2.75) is 38.6 Å². The molecule has 1 aliphatic carbocycles. The van der Waals surface area contributed by atoms with Crippen molar-refractivity contribution in [2.75, 3.05) is 5.32 Å². The molecular weight excluding hydrogens is 322 g/mol. The molecule has 1 amide bonds. The smallest absolute Gasteiger partial charge is 0.228 e. The standard InChI is InChI=1S/C22H23N3O/c26-22(14-17-8-9-19-5-1-2-6-20(19)12-17)24-21-7-3-4-18(13-21)15-25-11-10-23-16-25/h3-4,7-13,16H,1-2,5-6,14-15H2,(H,24,26). The molecule has 0 atom stereocenters. The van der Waals surface area contributed by atoms with Crippen molar-refractivity contribution < 1.29 is 4.79 Å². The molecule has 0 bridgehead atoms. The minimum atomic E-state index is 0.0283. The van der Waals surface area contributed by atoms with Crippen LogP contribution in [0, 0.1) is 0 Å². The third-order valence-corrected chi connectivity index (χ3v) is 4.91. The molecule has 0 fully saturated rings. The number of amides is 1. The van der Waals surface area contributed by atoms with Gasteiger partial charge in [0.15, 0.2) is 0 Å². The number of nitrogens with zero attached hydrogens (tertiary/aromatic N) is 2. The summed E-state index contributed by atoms with van der Waals surface area (Å²) in [6.07, 6.45) is 10.8. The Bertz CT molecular complexity index is 900. The first-order valence-corrected chi connectivity index (χ1v) is 9.21. The van der Waals surface area contributed by atoms with E-state index in [0.29, 0.717) is 6.42 Å². The fraction of sp³-hybridized carbons (Fsp3) is 0.273. The third kappa shape index (κ3) is 4.02. The van der Waals surface area contributed by atoms with E-state index in [1.807, 2.05) is 29.0 Å². The number of rotatable bonds is 5. The average Bonchev–Trinajstić information content (AvgIpc) is 3.15. The van der Waals surface area contributed by atoms with Gasteiger partial charge >= 0.3 is 0 Å². The Morgan fingerprint density at radius 1 is 1.04 bits per heavy atom. The molecule has 0 aliphatic heterocycles. The Hall–Kier alpha value is -2.88. The highest BCUT2D eigenvalue weighted by Crippen LogP contribution is 2.22. The number of imidazole rings is 1. The Kier molecular flexibility index (Phi) is 4.82. The number of carbonyl (C=O) groups excluding carboxylic acids is 1. The van der Waals surface area contributed by atoms with Crippen molar-refractivity contribution in [2.24, 2.45) is 0 Å². The van der Waals surface area contributed by atoms with Gasteiger partial charge in [-0.25, -0.2) is 4.98 Å². The predicted octanol–water partition coefficient (Wildman–Crippen LogP) is 3.99. The first-order chi connectivity index (χ1) is 12.8. The maximum atomic E-state index is 12.5. The van der Waals surface area contributed by atoms with Gasteiger partial charge < -0.3 is 9.88 Å².